The summed E-state index contributed by atoms with van der Waals surface area (Å²) in [5, 5.41) is 12.7. The van der Waals surface area contributed by atoms with Crippen molar-refractivity contribution >= 4 is 11.0 Å². The van der Waals surface area contributed by atoms with Gasteiger partial charge in [0.25, 0.3) is 5.89 Å². The number of hydrogen-bond donors (Lipinski definition) is 0. The van der Waals surface area contributed by atoms with Crippen molar-refractivity contribution < 1.29 is 8.94 Å². The first kappa shape index (κ1) is 11.8. The molecule has 3 aromatic heterocycles. The molecule has 0 atom stereocenters. The van der Waals surface area contributed by atoms with Gasteiger partial charge in [-0.25, -0.2) is 0 Å². The third-order valence-corrected chi connectivity index (χ3v) is 3.18. The van der Waals surface area contributed by atoms with E-state index in [4.69, 9.17) is 8.94 Å². The minimum Gasteiger partial charge on any atom is -0.451 e. The van der Waals surface area contributed by atoms with Crippen LogP contribution >= 0.6 is 0 Å². The van der Waals surface area contributed by atoms with Crippen molar-refractivity contribution in [3.63, 3.8) is 0 Å². The van der Waals surface area contributed by atoms with Gasteiger partial charge in [0, 0.05) is 11.6 Å². The topological polar surface area (TPSA) is 77.8 Å². The molecule has 0 saturated heterocycles. The van der Waals surface area contributed by atoms with E-state index in [0.717, 1.165) is 16.5 Å². The van der Waals surface area contributed by atoms with Crippen LogP contribution in [0.25, 0.3) is 34.1 Å². The highest BCUT2D eigenvalue weighted by Gasteiger charge is 2.16. The van der Waals surface area contributed by atoms with Gasteiger partial charge in [0.15, 0.2) is 5.76 Å². The molecule has 0 amide bonds. The lowest BCUT2D eigenvalue weighted by molar-refractivity contribution is 0.419. The molecule has 0 bridgehead atoms. The maximum Gasteiger partial charge on any atom is 0.294 e. The monoisotopic (exact) mass is 278 g/mol. The molecule has 4 aromatic rings. The van der Waals surface area contributed by atoms with Crippen molar-refractivity contribution in [1.29, 1.82) is 0 Å². The van der Waals surface area contributed by atoms with Gasteiger partial charge in [-0.05, 0) is 30.7 Å². The van der Waals surface area contributed by atoms with E-state index in [-0.39, 0.29) is 0 Å². The van der Waals surface area contributed by atoms with Crippen LogP contribution in [0.4, 0.5) is 0 Å². The normalized spacial score (nSPS) is 11.1. The van der Waals surface area contributed by atoms with Gasteiger partial charge in [-0.15, -0.1) is 5.10 Å². The van der Waals surface area contributed by atoms with Crippen LogP contribution in [-0.2, 0) is 0 Å². The Morgan fingerprint density at radius 2 is 2.05 bits per heavy atom. The first-order valence-electron chi connectivity index (χ1n) is 6.42. The summed E-state index contributed by atoms with van der Waals surface area (Å²) in [5.41, 5.74) is 2.44. The standard InChI is InChI=1S/C15H10N4O2/c1-9-4-2-5-10-8-12(20-13(9)10)15-17-14(19-21-15)11-6-3-7-16-18-11/h2-8H,1H3. The zero-order chi connectivity index (χ0) is 14.2. The summed E-state index contributed by atoms with van der Waals surface area (Å²) >= 11 is 0. The molecule has 0 aliphatic rings. The molecule has 0 spiro atoms. The second-order valence-corrected chi connectivity index (χ2v) is 4.64. The smallest absolute Gasteiger partial charge is 0.294 e. The molecule has 21 heavy (non-hydrogen) atoms. The molecular formula is C15H10N4O2. The van der Waals surface area contributed by atoms with E-state index in [1.807, 2.05) is 31.2 Å². The van der Waals surface area contributed by atoms with Crippen LogP contribution in [0.15, 0.2) is 51.5 Å². The number of fused-ring (bicyclic) bond motifs is 1. The fourth-order valence-corrected chi connectivity index (χ4v) is 2.16. The van der Waals surface area contributed by atoms with E-state index in [9.17, 15) is 0 Å². The Morgan fingerprint density at radius 1 is 1.10 bits per heavy atom. The molecular weight excluding hydrogens is 268 g/mol. The summed E-state index contributed by atoms with van der Waals surface area (Å²) in [6.07, 6.45) is 1.59. The number of aryl methyl sites for hydroxylation is 1. The molecule has 6 heteroatoms. The van der Waals surface area contributed by atoms with Gasteiger partial charge in [-0.3, -0.25) is 0 Å². The number of aromatic nitrogens is 4. The van der Waals surface area contributed by atoms with E-state index in [1.165, 1.54) is 0 Å². The van der Waals surface area contributed by atoms with Gasteiger partial charge in [-0.2, -0.15) is 10.1 Å². The highest BCUT2D eigenvalue weighted by atomic mass is 16.5. The summed E-state index contributed by atoms with van der Waals surface area (Å²) in [5.74, 6) is 1.25. The maximum atomic E-state index is 5.80. The Labute approximate surface area is 119 Å². The average molecular weight is 278 g/mol. The van der Waals surface area contributed by atoms with Crippen molar-refractivity contribution in [3.8, 4) is 23.2 Å². The Kier molecular flexibility index (Phi) is 2.53. The van der Waals surface area contributed by atoms with Gasteiger partial charge >= 0.3 is 0 Å². The number of hydrogen-bond acceptors (Lipinski definition) is 6. The number of furan rings is 1. The zero-order valence-electron chi connectivity index (χ0n) is 11.1. The molecule has 0 aliphatic heterocycles. The molecule has 0 unspecified atom stereocenters. The first-order valence-corrected chi connectivity index (χ1v) is 6.42. The predicted molar refractivity (Wildman–Crippen MR) is 75.3 cm³/mol. The van der Waals surface area contributed by atoms with Crippen LogP contribution in [-0.4, -0.2) is 20.3 Å². The van der Waals surface area contributed by atoms with E-state index < -0.39 is 0 Å². The number of rotatable bonds is 2. The molecule has 0 saturated carbocycles. The van der Waals surface area contributed by atoms with E-state index >= 15 is 0 Å². The van der Waals surface area contributed by atoms with E-state index in [0.29, 0.717) is 23.2 Å². The zero-order valence-corrected chi connectivity index (χ0v) is 11.1. The van der Waals surface area contributed by atoms with Gasteiger partial charge in [0.05, 0.1) is 0 Å². The second-order valence-electron chi connectivity index (χ2n) is 4.64. The van der Waals surface area contributed by atoms with E-state index in [2.05, 4.69) is 20.3 Å². The highest BCUT2D eigenvalue weighted by molar-refractivity contribution is 5.84. The maximum absolute atomic E-state index is 5.80. The largest absolute Gasteiger partial charge is 0.451 e. The Hall–Kier alpha value is -3.02. The van der Waals surface area contributed by atoms with Crippen molar-refractivity contribution in [2.45, 2.75) is 6.92 Å². The van der Waals surface area contributed by atoms with Gasteiger partial charge < -0.3 is 8.94 Å². The van der Waals surface area contributed by atoms with Crippen LogP contribution < -0.4 is 0 Å². The number of nitrogens with zero attached hydrogens (tertiary/aromatic N) is 4. The number of para-hydroxylation sites is 1. The minimum absolute atomic E-state index is 0.325. The van der Waals surface area contributed by atoms with Crippen LogP contribution in [0.5, 0.6) is 0 Å². The third-order valence-electron chi connectivity index (χ3n) is 3.18. The Balaban J connectivity index is 1.79. The van der Waals surface area contributed by atoms with Gasteiger partial charge in [-0.1, -0.05) is 23.4 Å². The summed E-state index contributed by atoms with van der Waals surface area (Å²) in [7, 11) is 0. The summed E-state index contributed by atoms with van der Waals surface area (Å²) in [6.45, 7) is 1.99. The Bertz CT molecular complexity index is 912. The van der Waals surface area contributed by atoms with Gasteiger partial charge in [0.1, 0.15) is 11.3 Å². The molecule has 6 nitrogen and oxygen atoms in total. The molecule has 0 radical (unpaired) electrons. The SMILES string of the molecule is Cc1cccc2cc(-c3nc(-c4cccnn4)no3)oc12. The quantitative estimate of drug-likeness (QED) is 0.560. The summed E-state index contributed by atoms with van der Waals surface area (Å²) in [4.78, 5) is 4.30. The van der Waals surface area contributed by atoms with E-state index in [1.54, 1.807) is 18.3 Å². The summed E-state index contributed by atoms with van der Waals surface area (Å²) in [6, 6.07) is 11.4. The van der Waals surface area contributed by atoms with Crippen molar-refractivity contribution in [3.05, 3.63) is 48.2 Å². The molecule has 0 aliphatic carbocycles. The molecule has 4 rings (SSSR count). The average Bonchev–Trinajstić information content (AvgIpc) is 3.15. The van der Waals surface area contributed by atoms with Crippen molar-refractivity contribution in [2.24, 2.45) is 0 Å². The lowest BCUT2D eigenvalue weighted by atomic mass is 10.2. The predicted octanol–water partition coefficient (Wildman–Crippen LogP) is 3.25. The Morgan fingerprint density at radius 3 is 2.86 bits per heavy atom. The lowest BCUT2D eigenvalue weighted by Crippen LogP contribution is -1.87. The lowest BCUT2D eigenvalue weighted by Gasteiger charge is -1.91. The van der Waals surface area contributed by atoms with Crippen LogP contribution in [0, 0.1) is 6.92 Å². The number of benzene rings is 1. The van der Waals surface area contributed by atoms with Crippen molar-refractivity contribution in [1.82, 2.24) is 20.3 Å². The van der Waals surface area contributed by atoms with Crippen molar-refractivity contribution in [2.75, 3.05) is 0 Å². The molecule has 102 valence electrons. The third kappa shape index (κ3) is 1.97. The molecule has 0 fully saturated rings. The second kappa shape index (κ2) is 4.52. The minimum atomic E-state index is 0.325. The molecule has 3 heterocycles. The first-order chi connectivity index (χ1) is 10.3. The summed E-state index contributed by atoms with van der Waals surface area (Å²) < 4.78 is 11.1. The van der Waals surface area contributed by atoms with Crippen LogP contribution in [0.3, 0.4) is 0 Å². The fraction of sp³-hybridized carbons (Fsp3) is 0.0667. The molecule has 0 N–H and O–H groups in total. The van der Waals surface area contributed by atoms with Crippen LogP contribution in [0.2, 0.25) is 0 Å². The van der Waals surface area contributed by atoms with Crippen LogP contribution in [0.1, 0.15) is 5.56 Å². The highest BCUT2D eigenvalue weighted by Crippen LogP contribution is 2.29. The fourth-order valence-electron chi connectivity index (χ4n) is 2.16. The van der Waals surface area contributed by atoms with Gasteiger partial charge in [0.2, 0.25) is 5.82 Å². The molecule has 1 aromatic carbocycles.